The number of carbonyl (C=O) groups is 1. The van der Waals surface area contributed by atoms with Crippen LogP contribution in [0.3, 0.4) is 0 Å². The summed E-state index contributed by atoms with van der Waals surface area (Å²) in [7, 11) is 0. The van der Waals surface area contributed by atoms with Gasteiger partial charge in [0.1, 0.15) is 29.0 Å². The van der Waals surface area contributed by atoms with E-state index in [-0.39, 0.29) is 18.0 Å². The van der Waals surface area contributed by atoms with Crippen LogP contribution in [0.1, 0.15) is 47.9 Å². The first kappa shape index (κ1) is 16.0. The summed E-state index contributed by atoms with van der Waals surface area (Å²) in [4.78, 5) is 12.6. The Morgan fingerprint density at radius 3 is 2.52 bits per heavy atom. The lowest BCUT2D eigenvalue weighted by atomic mass is 9.87. The fourth-order valence-electron chi connectivity index (χ4n) is 3.38. The second kappa shape index (κ2) is 5.49. The zero-order chi connectivity index (χ0) is 17.8. The number of aliphatic hydroxyl groups is 1. The smallest absolute Gasteiger partial charge is 0.170 e. The summed E-state index contributed by atoms with van der Waals surface area (Å²) in [5.74, 6) is 1.32. The molecule has 130 valence electrons. The third-order valence-electron chi connectivity index (χ3n) is 4.99. The van der Waals surface area contributed by atoms with Crippen molar-refractivity contribution in [1.82, 2.24) is 0 Å². The Kier molecular flexibility index (Phi) is 3.51. The second-order valence-corrected chi connectivity index (χ2v) is 7.17. The van der Waals surface area contributed by atoms with E-state index >= 15 is 0 Å². The van der Waals surface area contributed by atoms with Crippen LogP contribution >= 0.6 is 0 Å². The number of phenolic OH excluding ortho intramolecular Hbond substituents is 1. The third kappa shape index (κ3) is 2.65. The van der Waals surface area contributed by atoms with E-state index in [1.54, 1.807) is 36.4 Å². The average Bonchev–Trinajstić information content (AvgIpc) is 2.56. The Hall–Kier alpha value is -2.53. The van der Waals surface area contributed by atoms with Crippen LogP contribution in [-0.4, -0.2) is 27.7 Å². The standard InChI is InChI=1S/C20H20O5/c1-20(2)18(23)9-14-16(25-20)8-7-13-15(22)10-17(24-19(13)14)11-3-5-12(21)6-4-11/h3-8,17-18,21,23H,9-10H2,1-2H3. The number of hydrogen-bond donors (Lipinski definition) is 2. The molecule has 0 saturated carbocycles. The Morgan fingerprint density at radius 1 is 1.08 bits per heavy atom. The molecule has 0 aliphatic carbocycles. The first-order chi connectivity index (χ1) is 11.8. The number of carbonyl (C=O) groups excluding carboxylic acids is 1. The topological polar surface area (TPSA) is 76.0 Å². The minimum absolute atomic E-state index is 0.00134. The zero-order valence-electron chi connectivity index (χ0n) is 14.2. The van der Waals surface area contributed by atoms with Crippen LogP contribution in [0, 0.1) is 0 Å². The number of rotatable bonds is 1. The van der Waals surface area contributed by atoms with E-state index in [1.807, 2.05) is 13.8 Å². The van der Waals surface area contributed by atoms with Crippen molar-refractivity contribution >= 4 is 5.78 Å². The van der Waals surface area contributed by atoms with Gasteiger partial charge < -0.3 is 19.7 Å². The van der Waals surface area contributed by atoms with Gasteiger partial charge in [-0.2, -0.15) is 0 Å². The van der Waals surface area contributed by atoms with Crippen LogP contribution in [-0.2, 0) is 6.42 Å². The van der Waals surface area contributed by atoms with Crippen molar-refractivity contribution in [2.75, 3.05) is 0 Å². The molecular formula is C20H20O5. The molecule has 2 heterocycles. The predicted octanol–water partition coefficient (Wildman–Crippen LogP) is 3.17. The molecule has 2 aromatic rings. The molecule has 5 heteroatoms. The number of aromatic hydroxyl groups is 1. The monoisotopic (exact) mass is 340 g/mol. The molecule has 2 atom stereocenters. The van der Waals surface area contributed by atoms with Crippen LogP contribution in [0.25, 0.3) is 0 Å². The fraction of sp³-hybridized carbons (Fsp3) is 0.350. The maximum absolute atomic E-state index is 12.6. The lowest BCUT2D eigenvalue weighted by molar-refractivity contribution is -0.0422. The summed E-state index contributed by atoms with van der Waals surface area (Å²) in [5, 5.41) is 19.8. The van der Waals surface area contributed by atoms with Gasteiger partial charge in [0, 0.05) is 12.0 Å². The van der Waals surface area contributed by atoms with Gasteiger partial charge >= 0.3 is 0 Å². The highest BCUT2D eigenvalue weighted by molar-refractivity contribution is 6.00. The van der Waals surface area contributed by atoms with Gasteiger partial charge in [-0.3, -0.25) is 4.79 Å². The fourth-order valence-corrected chi connectivity index (χ4v) is 3.38. The minimum atomic E-state index is -0.684. The first-order valence-corrected chi connectivity index (χ1v) is 8.37. The normalized spacial score (nSPS) is 23.9. The molecular weight excluding hydrogens is 320 g/mol. The molecule has 5 nitrogen and oxygen atoms in total. The molecule has 0 spiro atoms. The highest BCUT2D eigenvalue weighted by Gasteiger charge is 2.40. The van der Waals surface area contributed by atoms with Gasteiger partial charge in [-0.25, -0.2) is 0 Å². The molecule has 0 amide bonds. The number of ether oxygens (including phenoxy) is 2. The van der Waals surface area contributed by atoms with Crippen molar-refractivity contribution in [1.29, 1.82) is 0 Å². The molecule has 0 aromatic heterocycles. The Morgan fingerprint density at radius 2 is 1.80 bits per heavy atom. The highest BCUT2D eigenvalue weighted by Crippen LogP contribution is 2.45. The molecule has 2 unspecified atom stereocenters. The van der Waals surface area contributed by atoms with Crippen molar-refractivity contribution in [3.05, 3.63) is 53.1 Å². The second-order valence-electron chi connectivity index (χ2n) is 7.17. The van der Waals surface area contributed by atoms with E-state index in [4.69, 9.17) is 9.47 Å². The SMILES string of the molecule is CC1(C)Oc2ccc3c(c2CC1O)OC(c1ccc(O)cc1)CC3=O. The molecule has 2 aromatic carbocycles. The van der Waals surface area contributed by atoms with Gasteiger partial charge in [0.2, 0.25) is 0 Å². The number of hydrogen-bond acceptors (Lipinski definition) is 5. The van der Waals surface area contributed by atoms with Crippen molar-refractivity contribution in [3.8, 4) is 17.2 Å². The Bertz CT molecular complexity index is 838. The van der Waals surface area contributed by atoms with E-state index in [0.717, 1.165) is 11.1 Å². The predicted molar refractivity (Wildman–Crippen MR) is 91.3 cm³/mol. The maximum Gasteiger partial charge on any atom is 0.170 e. The third-order valence-corrected chi connectivity index (χ3v) is 4.99. The van der Waals surface area contributed by atoms with Gasteiger partial charge in [-0.1, -0.05) is 12.1 Å². The maximum atomic E-state index is 12.6. The zero-order valence-corrected chi connectivity index (χ0v) is 14.2. The summed E-state index contributed by atoms with van der Waals surface area (Å²) < 4.78 is 12.1. The highest BCUT2D eigenvalue weighted by atomic mass is 16.5. The first-order valence-electron chi connectivity index (χ1n) is 8.37. The van der Waals surface area contributed by atoms with E-state index in [9.17, 15) is 15.0 Å². The largest absolute Gasteiger partial charge is 0.508 e. The van der Waals surface area contributed by atoms with E-state index in [2.05, 4.69) is 0 Å². The number of fused-ring (bicyclic) bond motifs is 3. The number of benzene rings is 2. The molecule has 0 saturated heterocycles. The summed E-state index contributed by atoms with van der Waals surface area (Å²) in [5.41, 5.74) is 1.41. The van der Waals surface area contributed by atoms with Crippen LogP contribution in [0.15, 0.2) is 36.4 Å². The number of aliphatic hydroxyl groups excluding tert-OH is 1. The van der Waals surface area contributed by atoms with Crippen LogP contribution in [0.2, 0.25) is 0 Å². The lowest BCUT2D eigenvalue weighted by Crippen LogP contribution is -2.46. The Balaban J connectivity index is 1.75. The average molecular weight is 340 g/mol. The molecule has 0 fully saturated rings. The van der Waals surface area contributed by atoms with Crippen molar-refractivity contribution in [3.63, 3.8) is 0 Å². The quantitative estimate of drug-likeness (QED) is 0.834. The molecule has 2 aliphatic heterocycles. The van der Waals surface area contributed by atoms with E-state index < -0.39 is 17.8 Å². The number of Topliss-reactive ketones (excluding diaryl/α,β-unsaturated/α-hetero) is 1. The van der Waals surface area contributed by atoms with E-state index in [0.29, 0.717) is 23.5 Å². The molecule has 2 aliphatic rings. The van der Waals surface area contributed by atoms with Crippen LogP contribution < -0.4 is 9.47 Å². The van der Waals surface area contributed by atoms with Crippen molar-refractivity contribution < 1.29 is 24.5 Å². The lowest BCUT2D eigenvalue weighted by Gasteiger charge is -2.39. The molecule has 0 bridgehead atoms. The van der Waals surface area contributed by atoms with Crippen LogP contribution in [0.4, 0.5) is 0 Å². The van der Waals surface area contributed by atoms with Crippen LogP contribution in [0.5, 0.6) is 17.2 Å². The molecule has 0 radical (unpaired) electrons. The molecule has 2 N–H and O–H groups in total. The molecule has 4 rings (SSSR count). The van der Waals surface area contributed by atoms with Gasteiger partial charge in [0.05, 0.1) is 18.1 Å². The summed E-state index contributed by atoms with van der Waals surface area (Å²) >= 11 is 0. The molecule has 25 heavy (non-hydrogen) atoms. The number of phenols is 1. The Labute approximate surface area is 145 Å². The minimum Gasteiger partial charge on any atom is -0.508 e. The summed E-state index contributed by atoms with van der Waals surface area (Å²) in [6.45, 7) is 3.68. The number of ketones is 1. The summed E-state index contributed by atoms with van der Waals surface area (Å²) in [6, 6.07) is 10.2. The van der Waals surface area contributed by atoms with Gasteiger partial charge in [-0.05, 0) is 43.7 Å². The van der Waals surface area contributed by atoms with Gasteiger partial charge in [0.15, 0.2) is 5.78 Å². The summed E-state index contributed by atoms with van der Waals surface area (Å²) in [6.07, 6.45) is -0.481. The van der Waals surface area contributed by atoms with Gasteiger partial charge in [0.25, 0.3) is 0 Å². The van der Waals surface area contributed by atoms with Crippen molar-refractivity contribution in [2.24, 2.45) is 0 Å². The van der Waals surface area contributed by atoms with Crippen molar-refractivity contribution in [2.45, 2.75) is 44.5 Å². The van der Waals surface area contributed by atoms with E-state index in [1.165, 1.54) is 0 Å². The van der Waals surface area contributed by atoms with Gasteiger partial charge in [-0.15, -0.1) is 0 Å².